The number of carbonyl (C=O) groups excluding carboxylic acids is 1. The topological polar surface area (TPSA) is 123 Å². The molecule has 0 aliphatic heterocycles. The maximum atomic E-state index is 12.9. The van der Waals surface area contributed by atoms with E-state index in [-0.39, 0.29) is 27.1 Å². The molecule has 0 radical (unpaired) electrons. The second-order valence-electron chi connectivity index (χ2n) is 13.6. The number of methoxy groups -OCH3 is 2. The molecular weight excluding hydrogens is 1820 g/mol. The number of benzene rings is 6. The van der Waals surface area contributed by atoms with Crippen LogP contribution in [-0.4, -0.2) is 31.2 Å². The van der Waals surface area contributed by atoms with Gasteiger partial charge in [-0.15, -0.1) is 0 Å². The van der Waals surface area contributed by atoms with E-state index in [1.807, 2.05) is 134 Å². The summed E-state index contributed by atoms with van der Waals surface area (Å²) >= 11 is 31.8. The zero-order chi connectivity index (χ0) is 49.2. The molecule has 8 nitrogen and oxygen atoms in total. The van der Waals surface area contributed by atoms with Gasteiger partial charge >= 0.3 is 120 Å². The van der Waals surface area contributed by atoms with Crippen LogP contribution in [0.15, 0.2) is 142 Å². The molecule has 0 aliphatic rings. The minimum absolute atomic E-state index is 0. The fourth-order valence-corrected chi connectivity index (χ4v) is 6.64. The molecule has 0 bridgehead atoms. The number of aryl methyl sites for hydroxylation is 2. The van der Waals surface area contributed by atoms with Gasteiger partial charge in [-0.25, -0.2) is 0 Å². The third-order valence-electron chi connectivity index (χ3n) is 9.39. The zero-order valence-electron chi connectivity index (χ0n) is 35.8. The normalized spacial score (nSPS) is 11.0. The van der Waals surface area contributed by atoms with Crippen LogP contribution in [0, 0.1) is 0 Å². The molecule has 19 heteroatoms. The van der Waals surface area contributed by atoms with Gasteiger partial charge in [0.1, 0.15) is 11.5 Å². The molecule has 6 aromatic carbocycles. The van der Waals surface area contributed by atoms with Gasteiger partial charge in [-0.05, 0) is 109 Å². The van der Waals surface area contributed by atoms with Gasteiger partial charge in [0.2, 0.25) is 5.91 Å². The number of carboxylic acid groups (broad SMARTS) is 1. The molecule has 5 N–H and O–H groups in total. The van der Waals surface area contributed by atoms with Gasteiger partial charge in [0.15, 0.2) is 0 Å². The Morgan fingerprint density at radius 3 is 1.58 bits per heavy atom. The molecule has 2 unspecified atom stereocenters. The Morgan fingerprint density at radius 2 is 1.12 bits per heavy atom. The average Bonchev–Trinajstić information content (AvgIpc) is 3.29. The molecule has 0 heterocycles. The van der Waals surface area contributed by atoms with Gasteiger partial charge in [-0.1, -0.05) is 129 Å². The molecule has 6 aromatic rings. The maximum absolute atomic E-state index is 12.9. The van der Waals surface area contributed by atoms with Crippen LogP contribution in [0.3, 0.4) is 0 Å². The van der Waals surface area contributed by atoms with E-state index in [1.54, 1.807) is 27.2 Å². The number of halogens is 11. The first kappa shape index (κ1) is 65.1. The zero-order valence-corrected chi connectivity index (χ0v) is 55.6. The Bertz CT molecular complexity index is 2390. The summed E-state index contributed by atoms with van der Waals surface area (Å²) < 4.78 is 12.4. The van der Waals surface area contributed by atoms with E-state index in [2.05, 4.69) is 136 Å². The van der Waals surface area contributed by atoms with E-state index in [9.17, 15) is 9.59 Å². The van der Waals surface area contributed by atoms with E-state index in [0.717, 1.165) is 71.8 Å². The molecule has 0 spiro atoms. The fourth-order valence-electron chi connectivity index (χ4n) is 5.68. The predicted octanol–water partition coefficient (Wildman–Crippen LogP) is 15.8. The molecule has 0 fully saturated rings. The Hall–Kier alpha value is 0.110. The predicted molar refractivity (Wildman–Crippen MR) is 340 cm³/mol. The molecule has 0 saturated heterocycles. The number of carbonyl (C=O) groups is 2. The average molecular weight is 1870 g/mol. The number of nitrogens with one attached hydrogen (secondary N) is 2. The molecule has 0 aliphatic carbocycles. The molecule has 0 saturated carbocycles. The van der Waals surface area contributed by atoms with Crippen LogP contribution in [0.1, 0.15) is 60.9 Å². The number of amides is 1. The third kappa shape index (κ3) is 26.1. The van der Waals surface area contributed by atoms with Gasteiger partial charge in [0.05, 0.1) is 37.4 Å². The van der Waals surface area contributed by atoms with Crippen molar-refractivity contribution in [3.8, 4) is 11.5 Å². The second kappa shape index (κ2) is 36.9. The Labute approximate surface area is 489 Å². The summed E-state index contributed by atoms with van der Waals surface area (Å²) in [6.45, 7) is 4.10. The number of hydrogen-bond acceptors (Lipinski definition) is 6. The number of anilines is 3. The molecule has 67 heavy (non-hydrogen) atoms. The van der Waals surface area contributed by atoms with Crippen LogP contribution in [-0.2, 0) is 29.0 Å². The summed E-state index contributed by atoms with van der Waals surface area (Å²) in [5.74, 6) is -0.170. The van der Waals surface area contributed by atoms with Crippen molar-refractivity contribution in [1.29, 1.82) is 0 Å². The number of ether oxygens (including phenoxy) is 2. The van der Waals surface area contributed by atoms with Gasteiger partial charge in [0, 0.05) is 43.4 Å². The Balaban J connectivity index is 0.000000503. The number of hydrogen-bond donors (Lipinski definition) is 4. The molecular formula is C48H51Br2Cl2I7N3O5-. The minimum atomic E-state index is -0.794. The summed E-state index contributed by atoms with van der Waals surface area (Å²) in [7, 11) is 2.88. The van der Waals surface area contributed by atoms with E-state index in [0.29, 0.717) is 36.3 Å². The van der Waals surface area contributed by atoms with Crippen molar-refractivity contribution >= 4 is 185 Å². The van der Waals surface area contributed by atoms with Crippen molar-refractivity contribution in [3.05, 3.63) is 180 Å². The van der Waals surface area contributed by atoms with E-state index >= 15 is 0 Å². The van der Waals surface area contributed by atoms with Crippen molar-refractivity contribution in [3.63, 3.8) is 0 Å². The molecule has 366 valence electrons. The Kier molecular flexibility index (Phi) is 35.9. The number of carboxylic acids is 1. The molecule has 0 aromatic heterocycles. The van der Waals surface area contributed by atoms with E-state index < -0.39 is 11.9 Å². The first-order chi connectivity index (χ1) is 31.4. The monoisotopic (exact) mass is 1870 g/mol. The number of nitrogens with two attached hydrogens (primary N) is 1. The van der Waals surface area contributed by atoms with Gasteiger partial charge in [-0.3, -0.25) is 9.59 Å². The standard InChI is InChI=1S/C23H22BrClN2O2.C15H16ClNO.C9H9BrO2.CH4.I4.I3/c1-15(16-7-9-18(24)10-8-16)23(28)27-22-13-19(29-2)11-12-21(22)26-14-17-5-3-4-6-20(17)25;1-18-13-9-8-12(15(17)10-13)7-6-11-4-2-3-5-14(11)16;1-6(9(11)12)7-2-4-8(10)5-3-7;;1-4(2)3;1-3-2/h3-13,15,26H,14H2,1-2H3,(H,27,28);2-5,8-10H,6-7,17H2,1H3;2-6H,1H3,(H,11,12);1H4;;/q;;;;;-1. The van der Waals surface area contributed by atoms with E-state index in [1.165, 1.54) is 0 Å². The third-order valence-corrected chi connectivity index (χ3v) is 11.2. The van der Waals surface area contributed by atoms with Gasteiger partial charge < -0.3 is 30.9 Å². The van der Waals surface area contributed by atoms with Gasteiger partial charge in [0.25, 0.3) is 0 Å². The SMILES string of the molecule is C.CC(C(=O)O)c1ccc(Br)cc1.COc1ccc(CCc2ccccc2Cl)c(N)c1.COc1ccc(NCc2ccccc2Cl)c(NC(=O)C(C)c2ccc(Br)cc2)c1.II(I)I.I[I-]I. The van der Waals surface area contributed by atoms with Crippen LogP contribution in [0.5, 0.6) is 11.5 Å². The molecule has 1 amide bonds. The number of nitrogen functional groups attached to an aromatic ring is 1. The number of aliphatic carboxylic acids is 1. The van der Waals surface area contributed by atoms with Crippen molar-refractivity contribution in [2.45, 2.75) is 52.5 Å². The fraction of sp³-hybridized carbons (Fsp3) is 0.208. The van der Waals surface area contributed by atoms with Crippen LogP contribution < -0.4 is 39.1 Å². The van der Waals surface area contributed by atoms with Crippen molar-refractivity contribution in [1.82, 2.24) is 0 Å². The molecule has 2 atom stereocenters. The van der Waals surface area contributed by atoms with Crippen LogP contribution >= 0.6 is 156 Å². The van der Waals surface area contributed by atoms with Crippen molar-refractivity contribution in [2.75, 3.05) is 30.6 Å². The van der Waals surface area contributed by atoms with Crippen molar-refractivity contribution in [2.24, 2.45) is 0 Å². The summed E-state index contributed by atoms with van der Waals surface area (Å²) in [6.07, 6.45) is 1.76. The van der Waals surface area contributed by atoms with Crippen LogP contribution in [0.25, 0.3) is 0 Å². The Morgan fingerprint density at radius 1 is 0.687 bits per heavy atom. The summed E-state index contributed by atoms with van der Waals surface area (Å²) in [5, 5.41) is 16.6. The summed E-state index contributed by atoms with van der Waals surface area (Å²) in [5.41, 5.74) is 13.2. The summed E-state index contributed by atoms with van der Waals surface area (Å²) in [4.78, 5) is 23.4. The number of rotatable bonds is 13. The van der Waals surface area contributed by atoms with E-state index in [4.69, 9.17) is 43.5 Å². The van der Waals surface area contributed by atoms with Gasteiger partial charge in [-0.2, -0.15) is 0 Å². The van der Waals surface area contributed by atoms with Crippen molar-refractivity contribution < 1.29 is 37.4 Å². The quantitative estimate of drug-likeness (QED) is 0.0671. The first-order valence-electron chi connectivity index (χ1n) is 19.4. The molecule has 6 rings (SSSR count). The van der Waals surface area contributed by atoms with Crippen LogP contribution in [0.4, 0.5) is 17.1 Å². The second-order valence-corrected chi connectivity index (χ2v) is 81.2. The first-order valence-corrected chi connectivity index (χ1v) is 53.1. The summed E-state index contributed by atoms with van der Waals surface area (Å²) in [6, 6.07) is 41.9. The van der Waals surface area contributed by atoms with Crippen LogP contribution in [0.2, 0.25) is 10.0 Å².